The molecule has 2 aromatic carbocycles. The summed E-state index contributed by atoms with van der Waals surface area (Å²) in [6, 6.07) is 17.1. The van der Waals surface area contributed by atoms with Crippen LogP contribution < -0.4 is 5.43 Å². The highest BCUT2D eigenvalue weighted by molar-refractivity contribution is 6.07. The number of pyridine rings is 1. The number of fused-ring (bicyclic) bond motifs is 1. The Labute approximate surface area is 122 Å². The Kier molecular flexibility index (Phi) is 3.69. The van der Waals surface area contributed by atoms with Gasteiger partial charge in [-0.1, -0.05) is 42.5 Å². The molecule has 3 aromatic rings. The molecule has 0 bridgehead atoms. The van der Waals surface area contributed by atoms with Crippen LogP contribution >= 0.6 is 0 Å². The van der Waals surface area contributed by atoms with E-state index in [4.69, 9.17) is 0 Å². The second-order valence-corrected chi connectivity index (χ2v) is 4.51. The second-order valence-electron chi connectivity index (χ2n) is 4.51. The van der Waals surface area contributed by atoms with Crippen molar-refractivity contribution < 1.29 is 4.79 Å². The van der Waals surface area contributed by atoms with Gasteiger partial charge in [0.1, 0.15) is 0 Å². The molecule has 0 aliphatic carbocycles. The van der Waals surface area contributed by atoms with E-state index < -0.39 is 0 Å². The number of carbonyl (C=O) groups is 1. The third-order valence-corrected chi connectivity index (χ3v) is 3.10. The predicted molar refractivity (Wildman–Crippen MR) is 83.2 cm³/mol. The van der Waals surface area contributed by atoms with Gasteiger partial charge in [0.2, 0.25) is 0 Å². The molecule has 3 rings (SSSR count). The van der Waals surface area contributed by atoms with Gasteiger partial charge in [0.25, 0.3) is 5.91 Å². The van der Waals surface area contributed by atoms with Crippen molar-refractivity contribution in [2.75, 3.05) is 0 Å². The zero-order valence-corrected chi connectivity index (χ0v) is 11.2. The summed E-state index contributed by atoms with van der Waals surface area (Å²) in [5, 5.41) is 5.90. The largest absolute Gasteiger partial charge is 0.271 e. The minimum Gasteiger partial charge on any atom is -0.267 e. The summed E-state index contributed by atoms with van der Waals surface area (Å²) in [5.41, 5.74) is 3.98. The lowest BCUT2D eigenvalue weighted by Crippen LogP contribution is -2.17. The van der Waals surface area contributed by atoms with Gasteiger partial charge in [-0.2, -0.15) is 5.10 Å². The van der Waals surface area contributed by atoms with E-state index in [1.165, 1.54) is 0 Å². The number of hydrogen-bond donors (Lipinski definition) is 1. The lowest BCUT2D eigenvalue weighted by molar-refractivity contribution is 0.0957. The van der Waals surface area contributed by atoms with Gasteiger partial charge in [-0.25, -0.2) is 5.43 Å². The lowest BCUT2D eigenvalue weighted by Gasteiger charge is -2.04. The van der Waals surface area contributed by atoms with Gasteiger partial charge in [-0.15, -0.1) is 0 Å². The number of benzene rings is 2. The van der Waals surface area contributed by atoms with E-state index in [0.717, 1.165) is 16.3 Å². The molecule has 0 saturated heterocycles. The van der Waals surface area contributed by atoms with Crippen LogP contribution in [-0.2, 0) is 0 Å². The van der Waals surface area contributed by atoms with Crippen LogP contribution in [0, 0.1) is 0 Å². The first-order chi connectivity index (χ1) is 10.3. The van der Waals surface area contributed by atoms with Crippen LogP contribution in [0.4, 0.5) is 0 Å². The Morgan fingerprint density at radius 3 is 2.76 bits per heavy atom. The number of rotatable bonds is 3. The SMILES string of the molecule is O=C(NN=Cc1cccnc1)c1cccc2ccccc12. The van der Waals surface area contributed by atoms with Crippen LogP contribution in [0.1, 0.15) is 15.9 Å². The normalized spacial score (nSPS) is 10.9. The summed E-state index contributed by atoms with van der Waals surface area (Å²) in [6.45, 7) is 0. The van der Waals surface area contributed by atoms with Crippen LogP contribution in [0.15, 0.2) is 72.1 Å². The first-order valence-electron chi connectivity index (χ1n) is 6.56. The van der Waals surface area contributed by atoms with E-state index in [0.29, 0.717) is 5.56 Å². The number of carbonyl (C=O) groups excluding carboxylic acids is 1. The summed E-state index contributed by atoms with van der Waals surface area (Å²) in [6.07, 6.45) is 4.93. The number of hydrogen-bond acceptors (Lipinski definition) is 3. The van der Waals surface area contributed by atoms with Gasteiger partial charge in [-0.05, 0) is 22.9 Å². The van der Waals surface area contributed by atoms with Crippen LogP contribution in [0.2, 0.25) is 0 Å². The van der Waals surface area contributed by atoms with Crippen LogP contribution in [-0.4, -0.2) is 17.1 Å². The van der Waals surface area contributed by atoms with E-state index in [-0.39, 0.29) is 5.91 Å². The molecule has 0 aliphatic heterocycles. The molecule has 0 spiro atoms. The molecule has 1 amide bonds. The summed E-state index contributed by atoms with van der Waals surface area (Å²) < 4.78 is 0. The molecule has 0 radical (unpaired) electrons. The highest BCUT2D eigenvalue weighted by atomic mass is 16.2. The van der Waals surface area contributed by atoms with Crippen molar-refractivity contribution in [3.8, 4) is 0 Å². The van der Waals surface area contributed by atoms with Gasteiger partial charge in [-0.3, -0.25) is 9.78 Å². The van der Waals surface area contributed by atoms with Crippen molar-refractivity contribution in [2.24, 2.45) is 5.10 Å². The second kappa shape index (κ2) is 5.96. The minimum absolute atomic E-state index is 0.230. The van der Waals surface area contributed by atoms with Crippen molar-refractivity contribution in [1.29, 1.82) is 0 Å². The molecule has 102 valence electrons. The van der Waals surface area contributed by atoms with Crippen LogP contribution in [0.5, 0.6) is 0 Å². The maximum Gasteiger partial charge on any atom is 0.271 e. The number of hydrazone groups is 1. The van der Waals surface area contributed by atoms with E-state index in [1.807, 2.05) is 48.5 Å². The molecule has 1 N–H and O–H groups in total. The van der Waals surface area contributed by atoms with Crippen LogP contribution in [0.3, 0.4) is 0 Å². The fourth-order valence-corrected chi connectivity index (χ4v) is 2.10. The minimum atomic E-state index is -0.230. The van der Waals surface area contributed by atoms with E-state index in [9.17, 15) is 4.79 Å². The third-order valence-electron chi connectivity index (χ3n) is 3.10. The molecule has 0 aliphatic rings. The standard InChI is InChI=1S/C17H13N3O/c21-17(20-19-12-13-5-4-10-18-11-13)16-9-3-7-14-6-1-2-8-15(14)16/h1-12H,(H,20,21). The Bertz CT molecular complexity index is 792. The quantitative estimate of drug-likeness (QED) is 0.590. The van der Waals surface area contributed by atoms with Gasteiger partial charge < -0.3 is 0 Å². The smallest absolute Gasteiger partial charge is 0.267 e. The molecule has 1 heterocycles. The van der Waals surface area contributed by atoms with Crippen molar-refractivity contribution in [1.82, 2.24) is 10.4 Å². The van der Waals surface area contributed by atoms with Gasteiger partial charge >= 0.3 is 0 Å². The number of aromatic nitrogens is 1. The zero-order chi connectivity index (χ0) is 14.5. The molecular formula is C17H13N3O. The van der Waals surface area contributed by atoms with E-state index in [2.05, 4.69) is 15.5 Å². The fourth-order valence-electron chi connectivity index (χ4n) is 2.10. The molecule has 4 heteroatoms. The molecule has 0 atom stereocenters. The zero-order valence-electron chi connectivity index (χ0n) is 11.2. The van der Waals surface area contributed by atoms with E-state index >= 15 is 0 Å². The third kappa shape index (κ3) is 2.95. The number of amides is 1. The number of nitrogens with zero attached hydrogens (tertiary/aromatic N) is 2. The average Bonchev–Trinajstić information content (AvgIpc) is 2.55. The monoisotopic (exact) mass is 275 g/mol. The molecule has 0 unspecified atom stereocenters. The van der Waals surface area contributed by atoms with Crippen molar-refractivity contribution in [2.45, 2.75) is 0 Å². The Balaban J connectivity index is 1.80. The Morgan fingerprint density at radius 2 is 1.90 bits per heavy atom. The molecule has 0 fully saturated rings. The van der Waals surface area contributed by atoms with Gasteiger partial charge in [0.15, 0.2) is 0 Å². The van der Waals surface area contributed by atoms with Crippen LogP contribution in [0.25, 0.3) is 10.8 Å². The first kappa shape index (κ1) is 13.0. The van der Waals surface area contributed by atoms with Gasteiger partial charge in [0, 0.05) is 23.5 Å². The lowest BCUT2D eigenvalue weighted by atomic mass is 10.0. The average molecular weight is 275 g/mol. The van der Waals surface area contributed by atoms with Crippen molar-refractivity contribution in [3.05, 3.63) is 78.1 Å². The summed E-state index contributed by atoms with van der Waals surface area (Å²) >= 11 is 0. The summed E-state index contributed by atoms with van der Waals surface area (Å²) in [7, 11) is 0. The highest BCUT2D eigenvalue weighted by Crippen LogP contribution is 2.18. The topological polar surface area (TPSA) is 54.4 Å². The fraction of sp³-hybridized carbons (Fsp3) is 0. The Hall–Kier alpha value is -3.01. The Morgan fingerprint density at radius 1 is 1.05 bits per heavy atom. The van der Waals surface area contributed by atoms with E-state index in [1.54, 1.807) is 24.7 Å². The highest BCUT2D eigenvalue weighted by Gasteiger charge is 2.08. The molecule has 21 heavy (non-hydrogen) atoms. The molecule has 4 nitrogen and oxygen atoms in total. The summed E-state index contributed by atoms with van der Waals surface area (Å²) in [5.74, 6) is -0.230. The van der Waals surface area contributed by atoms with Crippen molar-refractivity contribution in [3.63, 3.8) is 0 Å². The predicted octanol–water partition coefficient (Wildman–Crippen LogP) is 3.00. The maximum atomic E-state index is 12.2. The van der Waals surface area contributed by atoms with Gasteiger partial charge in [0.05, 0.1) is 6.21 Å². The molecule has 0 saturated carbocycles. The van der Waals surface area contributed by atoms with Crippen molar-refractivity contribution >= 4 is 22.9 Å². The molecular weight excluding hydrogens is 262 g/mol. The summed E-state index contributed by atoms with van der Waals surface area (Å²) in [4.78, 5) is 16.2. The number of nitrogens with one attached hydrogen (secondary N) is 1. The first-order valence-corrected chi connectivity index (χ1v) is 6.56. The molecule has 1 aromatic heterocycles. The maximum absolute atomic E-state index is 12.2.